The largest absolute Gasteiger partial charge is 0.339 e. The first-order valence-electron chi connectivity index (χ1n) is 4.67. The van der Waals surface area contributed by atoms with Gasteiger partial charge in [0, 0.05) is 25.0 Å². The highest BCUT2D eigenvalue weighted by atomic mass is 16.2. The second-order valence-electron chi connectivity index (χ2n) is 3.65. The molecule has 3 nitrogen and oxygen atoms in total. The number of piperidine rings is 1. The van der Waals surface area contributed by atoms with E-state index in [1.165, 1.54) is 0 Å². The Morgan fingerprint density at radius 3 is 2.75 bits per heavy atom. The van der Waals surface area contributed by atoms with Gasteiger partial charge in [-0.3, -0.25) is 4.79 Å². The Morgan fingerprint density at radius 1 is 1.50 bits per heavy atom. The van der Waals surface area contributed by atoms with Crippen LogP contribution in [0.3, 0.4) is 0 Å². The van der Waals surface area contributed by atoms with E-state index in [1.807, 2.05) is 11.8 Å². The maximum atomic E-state index is 11.6. The summed E-state index contributed by atoms with van der Waals surface area (Å²) in [5.74, 6) is 0.479. The lowest BCUT2D eigenvalue weighted by molar-refractivity contribution is -0.140. The Labute approximate surface area is 73.9 Å². The molecule has 1 fully saturated rings. The predicted molar refractivity (Wildman–Crippen MR) is 48.6 cm³/mol. The van der Waals surface area contributed by atoms with E-state index in [9.17, 15) is 4.79 Å². The Morgan fingerprint density at radius 2 is 2.17 bits per heavy atom. The topological polar surface area (TPSA) is 46.3 Å². The van der Waals surface area contributed by atoms with E-state index >= 15 is 0 Å². The maximum absolute atomic E-state index is 11.6. The molecule has 1 rings (SSSR count). The van der Waals surface area contributed by atoms with E-state index in [-0.39, 0.29) is 11.8 Å². The van der Waals surface area contributed by atoms with Crippen molar-refractivity contribution >= 4 is 5.91 Å². The summed E-state index contributed by atoms with van der Waals surface area (Å²) in [6.07, 6.45) is 2.15. The monoisotopic (exact) mass is 170 g/mol. The molecule has 0 saturated carbocycles. The maximum Gasteiger partial charge on any atom is 0.225 e. The van der Waals surface area contributed by atoms with Gasteiger partial charge in [-0.1, -0.05) is 6.92 Å². The first kappa shape index (κ1) is 9.52. The van der Waals surface area contributed by atoms with Crippen molar-refractivity contribution < 1.29 is 4.79 Å². The molecule has 0 aromatic heterocycles. The minimum atomic E-state index is 0.202. The van der Waals surface area contributed by atoms with Gasteiger partial charge in [0.25, 0.3) is 0 Å². The lowest BCUT2D eigenvalue weighted by Crippen LogP contribution is -2.47. The fourth-order valence-electron chi connectivity index (χ4n) is 1.74. The fourth-order valence-corrected chi connectivity index (χ4v) is 1.74. The van der Waals surface area contributed by atoms with Gasteiger partial charge in [0.1, 0.15) is 0 Å². The third-order valence-corrected chi connectivity index (χ3v) is 2.62. The first-order chi connectivity index (χ1) is 5.66. The van der Waals surface area contributed by atoms with Gasteiger partial charge in [-0.15, -0.1) is 0 Å². The Bertz CT molecular complexity index is 170. The molecular formula is C9H18N2O. The van der Waals surface area contributed by atoms with Crippen LogP contribution in [-0.4, -0.2) is 29.9 Å². The van der Waals surface area contributed by atoms with Gasteiger partial charge in [0.15, 0.2) is 0 Å². The Balaban J connectivity index is 2.58. The molecule has 1 saturated heterocycles. The van der Waals surface area contributed by atoms with Crippen LogP contribution in [0.1, 0.15) is 26.7 Å². The van der Waals surface area contributed by atoms with Crippen molar-refractivity contribution in [3.05, 3.63) is 0 Å². The van der Waals surface area contributed by atoms with E-state index in [0.717, 1.165) is 12.8 Å². The molecule has 1 amide bonds. The summed E-state index contributed by atoms with van der Waals surface area (Å²) in [5, 5.41) is 0. The molecule has 2 atom stereocenters. The smallest absolute Gasteiger partial charge is 0.225 e. The van der Waals surface area contributed by atoms with Crippen LogP contribution >= 0.6 is 0 Å². The third kappa shape index (κ3) is 1.78. The molecule has 1 aliphatic rings. The van der Waals surface area contributed by atoms with Gasteiger partial charge >= 0.3 is 0 Å². The molecule has 12 heavy (non-hydrogen) atoms. The molecule has 1 aliphatic heterocycles. The molecule has 0 spiro atoms. The molecule has 0 aromatic rings. The van der Waals surface area contributed by atoms with E-state index in [0.29, 0.717) is 19.1 Å². The van der Waals surface area contributed by atoms with Crippen molar-refractivity contribution in [2.75, 3.05) is 13.1 Å². The fraction of sp³-hybridized carbons (Fsp3) is 0.889. The lowest BCUT2D eigenvalue weighted by Gasteiger charge is -2.36. The van der Waals surface area contributed by atoms with Gasteiger partial charge in [0.2, 0.25) is 5.91 Å². The summed E-state index contributed by atoms with van der Waals surface area (Å²) in [5.41, 5.74) is 5.44. The summed E-state index contributed by atoms with van der Waals surface area (Å²) in [4.78, 5) is 13.5. The number of nitrogens with zero attached hydrogens (tertiary/aromatic N) is 1. The van der Waals surface area contributed by atoms with Gasteiger partial charge in [-0.05, 0) is 19.8 Å². The van der Waals surface area contributed by atoms with Crippen LogP contribution in [0.15, 0.2) is 0 Å². The van der Waals surface area contributed by atoms with Crippen LogP contribution in [0.25, 0.3) is 0 Å². The summed E-state index contributed by atoms with van der Waals surface area (Å²) in [6, 6.07) is 0.386. The van der Waals surface area contributed by atoms with Crippen molar-refractivity contribution in [2.24, 2.45) is 11.7 Å². The quantitative estimate of drug-likeness (QED) is 0.659. The first-order valence-corrected chi connectivity index (χ1v) is 4.67. The molecule has 1 heterocycles. The molecule has 3 heteroatoms. The molecule has 0 unspecified atom stereocenters. The highest BCUT2D eigenvalue weighted by molar-refractivity contribution is 5.79. The van der Waals surface area contributed by atoms with Crippen molar-refractivity contribution in [3.8, 4) is 0 Å². The molecule has 0 radical (unpaired) electrons. The molecule has 0 aliphatic carbocycles. The highest BCUT2D eigenvalue weighted by Gasteiger charge is 2.29. The second kappa shape index (κ2) is 3.90. The predicted octanol–water partition coefficient (Wildman–Crippen LogP) is 0.592. The summed E-state index contributed by atoms with van der Waals surface area (Å²) in [7, 11) is 0. The Kier molecular flexibility index (Phi) is 3.09. The average molecular weight is 170 g/mol. The van der Waals surface area contributed by atoms with E-state index < -0.39 is 0 Å². The van der Waals surface area contributed by atoms with Crippen LogP contribution in [0.4, 0.5) is 0 Å². The summed E-state index contributed by atoms with van der Waals surface area (Å²) < 4.78 is 0. The lowest BCUT2D eigenvalue weighted by atomic mass is 9.94. The summed E-state index contributed by atoms with van der Waals surface area (Å²) >= 11 is 0. The van der Waals surface area contributed by atoms with Crippen LogP contribution < -0.4 is 5.73 Å². The van der Waals surface area contributed by atoms with Gasteiger partial charge in [0.05, 0.1) is 0 Å². The van der Waals surface area contributed by atoms with Gasteiger partial charge in [-0.2, -0.15) is 0 Å². The number of carbonyl (C=O) groups is 1. The van der Waals surface area contributed by atoms with Crippen LogP contribution in [0.5, 0.6) is 0 Å². The highest BCUT2D eigenvalue weighted by Crippen LogP contribution is 2.21. The number of hydrogen-bond donors (Lipinski definition) is 1. The Hall–Kier alpha value is -0.570. The number of hydrogen-bond acceptors (Lipinski definition) is 2. The van der Waals surface area contributed by atoms with Crippen molar-refractivity contribution in [1.82, 2.24) is 4.90 Å². The standard InChI is InChI=1S/C9H18N2O/c1-7-3-4-8(2)11(6-5-10)9(7)12/h7-8H,3-6,10H2,1-2H3/t7-,8+/m0/s1. The molecule has 0 bridgehead atoms. The van der Waals surface area contributed by atoms with Crippen LogP contribution in [0, 0.1) is 5.92 Å². The van der Waals surface area contributed by atoms with Gasteiger partial charge < -0.3 is 10.6 Å². The zero-order valence-electron chi connectivity index (χ0n) is 7.92. The zero-order chi connectivity index (χ0) is 9.14. The third-order valence-electron chi connectivity index (χ3n) is 2.62. The van der Waals surface area contributed by atoms with Crippen LogP contribution in [-0.2, 0) is 4.79 Å². The molecular weight excluding hydrogens is 152 g/mol. The number of likely N-dealkylation sites (tertiary alicyclic amines) is 1. The van der Waals surface area contributed by atoms with Gasteiger partial charge in [-0.25, -0.2) is 0 Å². The summed E-state index contributed by atoms with van der Waals surface area (Å²) in [6.45, 7) is 5.38. The minimum Gasteiger partial charge on any atom is -0.339 e. The van der Waals surface area contributed by atoms with E-state index in [2.05, 4.69) is 6.92 Å². The average Bonchev–Trinajstić information content (AvgIpc) is 2.06. The van der Waals surface area contributed by atoms with Crippen molar-refractivity contribution in [2.45, 2.75) is 32.7 Å². The molecule has 70 valence electrons. The van der Waals surface area contributed by atoms with Crippen molar-refractivity contribution in [1.29, 1.82) is 0 Å². The molecule has 0 aromatic carbocycles. The number of rotatable bonds is 2. The van der Waals surface area contributed by atoms with Crippen LogP contribution in [0.2, 0.25) is 0 Å². The number of carbonyl (C=O) groups excluding carboxylic acids is 1. The second-order valence-corrected chi connectivity index (χ2v) is 3.65. The van der Waals surface area contributed by atoms with E-state index in [4.69, 9.17) is 5.73 Å². The van der Waals surface area contributed by atoms with Crippen molar-refractivity contribution in [3.63, 3.8) is 0 Å². The zero-order valence-corrected chi connectivity index (χ0v) is 7.92. The van der Waals surface area contributed by atoms with E-state index in [1.54, 1.807) is 0 Å². The molecule has 2 N–H and O–H groups in total. The number of amides is 1. The SMILES string of the molecule is C[C@@H]1CC[C@H](C)C(=O)N1CCN. The number of nitrogens with two attached hydrogens (primary N) is 1. The minimum absolute atomic E-state index is 0.202. The normalized spacial score (nSPS) is 30.9.